The lowest BCUT2D eigenvalue weighted by atomic mass is 10.2. The van der Waals surface area contributed by atoms with Crippen molar-refractivity contribution in [3.05, 3.63) is 21.6 Å². The van der Waals surface area contributed by atoms with Crippen LogP contribution in [0.3, 0.4) is 0 Å². The van der Waals surface area contributed by atoms with Crippen LogP contribution in [0, 0.1) is 13.8 Å². The number of aromatic amines is 1. The summed E-state index contributed by atoms with van der Waals surface area (Å²) in [6, 6.07) is 0. The minimum atomic E-state index is -0.0644. The Morgan fingerprint density at radius 3 is 2.83 bits per heavy atom. The molecular weight excluding hydrogens is 174 g/mol. The van der Waals surface area contributed by atoms with Crippen molar-refractivity contribution in [1.82, 2.24) is 14.6 Å². The van der Waals surface area contributed by atoms with Gasteiger partial charge in [0.05, 0.1) is 11.1 Å². The molecule has 2 heterocycles. The van der Waals surface area contributed by atoms with E-state index < -0.39 is 0 Å². The van der Waals surface area contributed by atoms with Crippen LogP contribution in [0.1, 0.15) is 11.3 Å². The van der Waals surface area contributed by atoms with Gasteiger partial charge in [-0.15, -0.1) is 5.10 Å². The number of aryl methyl sites for hydroxylation is 2. The zero-order chi connectivity index (χ0) is 8.72. The first-order chi connectivity index (χ1) is 5.70. The standard InChI is InChI=1S/C7H7N3OS/c1-3-4(2)8-9-7-5(3)6(11)10-12-7/h1-2H3,(H,10,11). The summed E-state index contributed by atoms with van der Waals surface area (Å²) in [5.41, 5.74) is 1.67. The van der Waals surface area contributed by atoms with Crippen LogP contribution in [0.25, 0.3) is 10.2 Å². The van der Waals surface area contributed by atoms with E-state index >= 15 is 0 Å². The first-order valence-electron chi connectivity index (χ1n) is 3.51. The van der Waals surface area contributed by atoms with E-state index in [0.29, 0.717) is 10.2 Å². The van der Waals surface area contributed by atoms with E-state index in [0.717, 1.165) is 11.3 Å². The third-order valence-corrected chi connectivity index (χ3v) is 2.66. The predicted octanol–water partition coefficient (Wildman–Crippen LogP) is 0.996. The summed E-state index contributed by atoms with van der Waals surface area (Å²) < 4.78 is 2.63. The van der Waals surface area contributed by atoms with Crippen LogP contribution >= 0.6 is 11.5 Å². The summed E-state index contributed by atoms with van der Waals surface area (Å²) in [5.74, 6) is 0. The Kier molecular flexibility index (Phi) is 1.47. The molecule has 0 aliphatic carbocycles. The molecular formula is C7H7N3OS. The SMILES string of the molecule is Cc1nnc2s[nH]c(=O)c2c1C. The van der Waals surface area contributed by atoms with E-state index in [2.05, 4.69) is 14.6 Å². The van der Waals surface area contributed by atoms with Crippen molar-refractivity contribution in [3.63, 3.8) is 0 Å². The maximum atomic E-state index is 11.2. The van der Waals surface area contributed by atoms with Crippen LogP contribution in [0.5, 0.6) is 0 Å². The van der Waals surface area contributed by atoms with E-state index in [1.165, 1.54) is 11.5 Å². The van der Waals surface area contributed by atoms with Gasteiger partial charge in [0.2, 0.25) is 0 Å². The zero-order valence-electron chi connectivity index (χ0n) is 6.71. The number of H-pyrrole nitrogens is 1. The second-order valence-electron chi connectivity index (χ2n) is 2.62. The highest BCUT2D eigenvalue weighted by atomic mass is 32.1. The fourth-order valence-electron chi connectivity index (χ4n) is 1.07. The monoisotopic (exact) mass is 181 g/mol. The molecule has 0 radical (unpaired) electrons. The summed E-state index contributed by atoms with van der Waals surface area (Å²) in [7, 11) is 0. The van der Waals surface area contributed by atoms with Gasteiger partial charge in [0, 0.05) is 0 Å². The molecule has 0 amide bonds. The minimum Gasteiger partial charge on any atom is -0.275 e. The lowest BCUT2D eigenvalue weighted by Gasteiger charge is -1.95. The number of rotatable bonds is 0. The van der Waals surface area contributed by atoms with E-state index in [1.807, 2.05) is 13.8 Å². The summed E-state index contributed by atoms with van der Waals surface area (Å²) >= 11 is 1.23. The maximum absolute atomic E-state index is 11.2. The Labute approximate surface area is 72.4 Å². The number of hydrogen-bond acceptors (Lipinski definition) is 4. The molecule has 0 fully saturated rings. The Balaban J connectivity index is 3.06. The van der Waals surface area contributed by atoms with E-state index in [9.17, 15) is 4.79 Å². The van der Waals surface area contributed by atoms with Crippen molar-refractivity contribution >= 4 is 21.7 Å². The largest absolute Gasteiger partial charge is 0.275 e. The molecule has 1 N–H and O–H groups in total. The lowest BCUT2D eigenvalue weighted by molar-refractivity contribution is 1.01. The van der Waals surface area contributed by atoms with E-state index in [-0.39, 0.29) is 5.56 Å². The molecule has 2 aromatic heterocycles. The van der Waals surface area contributed by atoms with Crippen LogP contribution in [0.2, 0.25) is 0 Å². The zero-order valence-corrected chi connectivity index (χ0v) is 7.53. The van der Waals surface area contributed by atoms with Crippen molar-refractivity contribution in [2.24, 2.45) is 0 Å². The Bertz CT molecular complexity index is 485. The van der Waals surface area contributed by atoms with Gasteiger partial charge in [0.15, 0.2) is 4.83 Å². The number of aromatic nitrogens is 3. The van der Waals surface area contributed by atoms with Crippen LogP contribution in [0.15, 0.2) is 4.79 Å². The number of nitrogens with one attached hydrogen (secondary N) is 1. The molecule has 0 bridgehead atoms. The molecule has 2 rings (SSSR count). The van der Waals surface area contributed by atoms with Crippen LogP contribution < -0.4 is 5.56 Å². The first kappa shape index (κ1) is 7.42. The third kappa shape index (κ3) is 0.863. The highest BCUT2D eigenvalue weighted by molar-refractivity contribution is 7.12. The Hall–Kier alpha value is -1.23. The predicted molar refractivity (Wildman–Crippen MR) is 47.5 cm³/mol. The molecule has 0 saturated carbocycles. The summed E-state index contributed by atoms with van der Waals surface area (Å²) in [6.07, 6.45) is 0. The van der Waals surface area contributed by atoms with E-state index in [4.69, 9.17) is 0 Å². The van der Waals surface area contributed by atoms with Gasteiger partial charge in [-0.1, -0.05) is 0 Å². The van der Waals surface area contributed by atoms with Crippen molar-refractivity contribution in [3.8, 4) is 0 Å². The number of fused-ring (bicyclic) bond motifs is 1. The van der Waals surface area contributed by atoms with Crippen LogP contribution in [0.4, 0.5) is 0 Å². The van der Waals surface area contributed by atoms with Crippen molar-refractivity contribution in [1.29, 1.82) is 0 Å². The average Bonchev–Trinajstić information content (AvgIpc) is 2.41. The number of hydrogen-bond donors (Lipinski definition) is 1. The van der Waals surface area contributed by atoms with Crippen molar-refractivity contribution in [2.45, 2.75) is 13.8 Å². The van der Waals surface area contributed by atoms with Gasteiger partial charge >= 0.3 is 0 Å². The molecule has 0 saturated heterocycles. The quantitative estimate of drug-likeness (QED) is 0.659. The van der Waals surface area contributed by atoms with Crippen molar-refractivity contribution < 1.29 is 0 Å². The first-order valence-corrected chi connectivity index (χ1v) is 4.33. The smallest absolute Gasteiger partial charge is 0.267 e. The Morgan fingerprint density at radius 2 is 2.08 bits per heavy atom. The molecule has 0 spiro atoms. The van der Waals surface area contributed by atoms with Crippen molar-refractivity contribution in [2.75, 3.05) is 0 Å². The highest BCUT2D eigenvalue weighted by Crippen LogP contribution is 2.15. The molecule has 0 aliphatic heterocycles. The van der Waals surface area contributed by atoms with Gasteiger partial charge in [-0.05, 0) is 30.9 Å². The van der Waals surface area contributed by atoms with Gasteiger partial charge < -0.3 is 0 Å². The van der Waals surface area contributed by atoms with Gasteiger partial charge in [-0.2, -0.15) is 5.10 Å². The summed E-state index contributed by atoms with van der Waals surface area (Å²) in [6.45, 7) is 3.73. The molecule has 0 aromatic carbocycles. The third-order valence-electron chi connectivity index (χ3n) is 1.89. The van der Waals surface area contributed by atoms with Crippen LogP contribution in [-0.4, -0.2) is 14.6 Å². The molecule has 2 aromatic rings. The molecule has 0 aliphatic rings. The van der Waals surface area contributed by atoms with Crippen LogP contribution in [-0.2, 0) is 0 Å². The molecule has 12 heavy (non-hydrogen) atoms. The lowest BCUT2D eigenvalue weighted by Crippen LogP contribution is -2.01. The molecule has 5 heteroatoms. The molecule has 0 unspecified atom stereocenters. The fraction of sp³-hybridized carbons (Fsp3) is 0.286. The highest BCUT2D eigenvalue weighted by Gasteiger charge is 2.08. The van der Waals surface area contributed by atoms with Gasteiger partial charge in [-0.25, -0.2) is 0 Å². The van der Waals surface area contributed by atoms with E-state index in [1.54, 1.807) is 0 Å². The minimum absolute atomic E-state index is 0.0644. The van der Waals surface area contributed by atoms with Gasteiger partial charge in [-0.3, -0.25) is 9.17 Å². The number of nitrogens with zero attached hydrogens (tertiary/aromatic N) is 2. The normalized spacial score (nSPS) is 10.8. The molecule has 4 nitrogen and oxygen atoms in total. The topological polar surface area (TPSA) is 58.6 Å². The summed E-state index contributed by atoms with van der Waals surface area (Å²) in [5, 5.41) is 8.49. The second kappa shape index (κ2) is 2.38. The maximum Gasteiger partial charge on any atom is 0.267 e. The van der Waals surface area contributed by atoms with Gasteiger partial charge in [0.25, 0.3) is 5.56 Å². The molecule has 62 valence electrons. The molecule has 0 atom stereocenters. The van der Waals surface area contributed by atoms with Gasteiger partial charge in [0.1, 0.15) is 0 Å². The average molecular weight is 181 g/mol. The second-order valence-corrected chi connectivity index (χ2v) is 3.42. The Morgan fingerprint density at radius 1 is 1.33 bits per heavy atom. The fourth-order valence-corrected chi connectivity index (χ4v) is 1.79. The summed E-state index contributed by atoms with van der Waals surface area (Å²) in [4.78, 5) is 11.9.